The molecule has 0 radical (unpaired) electrons. The van der Waals surface area contributed by atoms with E-state index in [1.54, 1.807) is 33.9 Å². The third kappa shape index (κ3) is 9.82. The van der Waals surface area contributed by atoms with Crippen molar-refractivity contribution in [2.24, 2.45) is 16.7 Å². The Balaban J connectivity index is 6.25. The van der Waals surface area contributed by atoms with Crippen molar-refractivity contribution in [3.05, 3.63) is 11.6 Å². The SMILES string of the molecule is C/C(=C\[C@H](C(C)C)N(C)C(=O)[C@@H](NC(=O)[C@@H](N(C)C(=O)OC(C)(C)C)C(C)(C)C)C(C)(C)C)C(=O)O. The van der Waals surface area contributed by atoms with Gasteiger partial charge in [0.1, 0.15) is 17.7 Å². The highest BCUT2D eigenvalue weighted by atomic mass is 16.6. The maximum Gasteiger partial charge on any atom is 0.410 e. The summed E-state index contributed by atoms with van der Waals surface area (Å²) in [6, 6.07) is -2.32. The molecule has 2 N–H and O–H groups in total. The number of nitrogens with zero attached hydrogens (tertiary/aromatic N) is 2. The molecule has 0 spiro atoms. The lowest BCUT2D eigenvalue weighted by atomic mass is 9.82. The Kier molecular flexibility index (Phi) is 11.2. The van der Waals surface area contributed by atoms with E-state index in [4.69, 9.17) is 4.74 Å². The van der Waals surface area contributed by atoms with Gasteiger partial charge in [0.15, 0.2) is 0 Å². The monoisotopic (exact) mass is 511 g/mol. The lowest BCUT2D eigenvalue weighted by Crippen LogP contribution is -2.62. The van der Waals surface area contributed by atoms with Crippen molar-refractivity contribution < 1.29 is 29.0 Å². The largest absolute Gasteiger partial charge is 0.478 e. The van der Waals surface area contributed by atoms with Crippen LogP contribution in [0.15, 0.2) is 11.6 Å². The molecule has 0 unspecified atom stereocenters. The number of nitrogens with one attached hydrogen (secondary N) is 1. The summed E-state index contributed by atoms with van der Waals surface area (Å²) in [7, 11) is 3.12. The zero-order valence-corrected chi connectivity index (χ0v) is 24.8. The van der Waals surface area contributed by atoms with E-state index in [0.717, 1.165) is 0 Å². The third-order valence-electron chi connectivity index (χ3n) is 5.77. The van der Waals surface area contributed by atoms with Crippen LogP contribution in [-0.2, 0) is 19.1 Å². The molecule has 3 atom stereocenters. The fourth-order valence-electron chi connectivity index (χ4n) is 3.89. The lowest BCUT2D eigenvalue weighted by Gasteiger charge is -2.41. The van der Waals surface area contributed by atoms with Crippen LogP contribution in [0.2, 0.25) is 0 Å². The first-order valence-electron chi connectivity index (χ1n) is 12.4. The molecule has 0 aromatic heterocycles. The topological polar surface area (TPSA) is 116 Å². The van der Waals surface area contributed by atoms with Crippen LogP contribution < -0.4 is 5.32 Å². The van der Waals surface area contributed by atoms with Gasteiger partial charge in [0.25, 0.3) is 0 Å². The number of ether oxygens (including phenoxy) is 1. The average Bonchev–Trinajstić information content (AvgIpc) is 2.65. The van der Waals surface area contributed by atoms with Gasteiger partial charge >= 0.3 is 12.1 Å². The number of hydrogen-bond acceptors (Lipinski definition) is 5. The molecule has 0 heterocycles. The first-order valence-corrected chi connectivity index (χ1v) is 12.4. The fourth-order valence-corrected chi connectivity index (χ4v) is 3.89. The molecule has 0 saturated heterocycles. The molecular formula is C27H49N3O6. The number of rotatable bonds is 8. The van der Waals surface area contributed by atoms with Crippen LogP contribution in [0.25, 0.3) is 0 Å². The molecule has 0 rings (SSSR count). The highest BCUT2D eigenvalue weighted by molar-refractivity contribution is 5.92. The molecule has 3 amide bonds. The van der Waals surface area contributed by atoms with E-state index in [2.05, 4.69) is 5.32 Å². The predicted octanol–water partition coefficient (Wildman–Crippen LogP) is 4.31. The van der Waals surface area contributed by atoms with Crippen molar-refractivity contribution in [1.82, 2.24) is 15.1 Å². The molecule has 0 bridgehead atoms. The van der Waals surface area contributed by atoms with E-state index >= 15 is 0 Å². The molecule has 36 heavy (non-hydrogen) atoms. The van der Waals surface area contributed by atoms with Crippen LogP contribution in [0.5, 0.6) is 0 Å². The minimum Gasteiger partial charge on any atom is -0.478 e. The van der Waals surface area contributed by atoms with Crippen LogP contribution in [0.1, 0.15) is 83.1 Å². The summed E-state index contributed by atoms with van der Waals surface area (Å²) in [5, 5.41) is 12.2. The second-order valence-corrected chi connectivity index (χ2v) is 13.0. The highest BCUT2D eigenvalue weighted by Crippen LogP contribution is 2.28. The van der Waals surface area contributed by atoms with Gasteiger partial charge in [0, 0.05) is 19.7 Å². The summed E-state index contributed by atoms with van der Waals surface area (Å²) in [4.78, 5) is 54.3. The van der Waals surface area contributed by atoms with Gasteiger partial charge in [-0.3, -0.25) is 14.5 Å². The smallest absolute Gasteiger partial charge is 0.410 e. The number of carbonyl (C=O) groups is 4. The Hall–Kier alpha value is -2.58. The zero-order chi connectivity index (χ0) is 29.0. The van der Waals surface area contributed by atoms with Crippen LogP contribution in [-0.4, -0.2) is 76.6 Å². The Labute approximate surface area is 217 Å². The highest BCUT2D eigenvalue weighted by Gasteiger charge is 2.43. The van der Waals surface area contributed by atoms with Gasteiger partial charge in [0.05, 0.1) is 6.04 Å². The summed E-state index contributed by atoms with van der Waals surface area (Å²) >= 11 is 0. The van der Waals surface area contributed by atoms with Gasteiger partial charge in [-0.25, -0.2) is 9.59 Å². The van der Waals surface area contributed by atoms with E-state index in [1.165, 1.54) is 23.8 Å². The van der Waals surface area contributed by atoms with Crippen molar-refractivity contribution in [3.8, 4) is 0 Å². The maximum absolute atomic E-state index is 13.7. The zero-order valence-electron chi connectivity index (χ0n) is 24.8. The standard InChI is InChI=1S/C27H49N3O6/c1-16(2)18(15-17(3)23(33)34)29(13)22(32)19(25(4,5)6)28-21(31)20(26(7,8)9)30(14)24(35)36-27(10,11)12/h15-16,18-20H,1-14H3,(H,28,31)(H,33,34)/b17-15+/t18-,19-,20-/m1/s1. The normalized spacial score (nSPS) is 15.6. The van der Waals surface area contributed by atoms with E-state index in [0.29, 0.717) is 0 Å². The molecule has 0 aliphatic carbocycles. The third-order valence-corrected chi connectivity index (χ3v) is 5.77. The van der Waals surface area contributed by atoms with Gasteiger partial charge in [-0.05, 0) is 44.4 Å². The molecule has 208 valence electrons. The molecule has 0 aliphatic rings. The van der Waals surface area contributed by atoms with Crippen LogP contribution in [0.4, 0.5) is 4.79 Å². The summed E-state index contributed by atoms with van der Waals surface area (Å²) < 4.78 is 5.48. The Bertz CT molecular complexity index is 843. The van der Waals surface area contributed by atoms with Gasteiger partial charge in [-0.15, -0.1) is 0 Å². The minimum absolute atomic E-state index is 0.0646. The maximum atomic E-state index is 13.7. The average molecular weight is 512 g/mol. The molecule has 9 nitrogen and oxygen atoms in total. The number of aliphatic carboxylic acids is 1. The number of carbonyl (C=O) groups excluding carboxylic acids is 3. The quantitative estimate of drug-likeness (QED) is 0.469. The number of carboxylic acids is 1. The van der Waals surface area contributed by atoms with E-state index in [-0.39, 0.29) is 17.4 Å². The summed E-state index contributed by atoms with van der Waals surface area (Å²) in [5.41, 5.74) is -1.92. The van der Waals surface area contributed by atoms with E-state index in [1.807, 2.05) is 55.4 Å². The van der Waals surface area contributed by atoms with Gasteiger partial charge in [-0.1, -0.05) is 61.5 Å². The van der Waals surface area contributed by atoms with E-state index < -0.39 is 52.5 Å². The van der Waals surface area contributed by atoms with Crippen molar-refractivity contribution in [2.45, 2.75) is 107 Å². The molecule has 9 heteroatoms. The lowest BCUT2D eigenvalue weighted by molar-refractivity contribution is -0.142. The summed E-state index contributed by atoms with van der Waals surface area (Å²) in [6.45, 7) is 21.6. The second-order valence-electron chi connectivity index (χ2n) is 13.0. The van der Waals surface area contributed by atoms with Crippen molar-refractivity contribution >= 4 is 23.9 Å². The predicted molar refractivity (Wildman–Crippen MR) is 141 cm³/mol. The molecule has 0 aromatic carbocycles. The Morgan fingerprint density at radius 1 is 0.861 bits per heavy atom. The molecule has 0 fully saturated rings. The first kappa shape index (κ1) is 33.4. The first-order chi connectivity index (χ1) is 15.9. The molecular weight excluding hydrogens is 462 g/mol. The second kappa shape index (κ2) is 12.1. The molecule has 0 saturated carbocycles. The van der Waals surface area contributed by atoms with Gasteiger partial charge in [0.2, 0.25) is 11.8 Å². The van der Waals surface area contributed by atoms with Crippen molar-refractivity contribution in [2.75, 3.05) is 14.1 Å². The molecule has 0 aromatic rings. The summed E-state index contributed by atoms with van der Waals surface area (Å²) in [5.74, 6) is -1.95. The van der Waals surface area contributed by atoms with Gasteiger partial charge in [-0.2, -0.15) is 0 Å². The van der Waals surface area contributed by atoms with Gasteiger partial charge < -0.3 is 20.1 Å². The Morgan fingerprint density at radius 2 is 1.33 bits per heavy atom. The number of likely N-dealkylation sites (N-methyl/N-ethyl adjacent to an activating group) is 2. The Morgan fingerprint density at radius 3 is 1.67 bits per heavy atom. The minimum atomic E-state index is -1.06. The van der Waals surface area contributed by atoms with Crippen LogP contribution in [0, 0.1) is 16.7 Å². The van der Waals surface area contributed by atoms with Crippen LogP contribution in [0.3, 0.4) is 0 Å². The number of carboxylic acid groups (broad SMARTS) is 1. The van der Waals surface area contributed by atoms with Crippen molar-refractivity contribution in [3.63, 3.8) is 0 Å². The fraction of sp³-hybridized carbons (Fsp3) is 0.778. The number of amides is 3. The van der Waals surface area contributed by atoms with Crippen LogP contribution >= 0.6 is 0 Å². The van der Waals surface area contributed by atoms with E-state index in [9.17, 15) is 24.3 Å². The summed E-state index contributed by atoms with van der Waals surface area (Å²) in [6.07, 6.45) is 0.920. The van der Waals surface area contributed by atoms with Crippen molar-refractivity contribution in [1.29, 1.82) is 0 Å². The molecule has 0 aliphatic heterocycles. The number of hydrogen-bond donors (Lipinski definition) is 2.